The first-order chi connectivity index (χ1) is 9.12. The molecule has 1 fully saturated rings. The van der Waals surface area contributed by atoms with Gasteiger partial charge in [-0.15, -0.1) is 0 Å². The summed E-state index contributed by atoms with van der Waals surface area (Å²) in [6.07, 6.45) is 1.31. The van der Waals surface area contributed by atoms with Crippen LogP contribution in [0.15, 0.2) is 24.3 Å². The van der Waals surface area contributed by atoms with Crippen LogP contribution in [0.25, 0.3) is 0 Å². The van der Waals surface area contributed by atoms with Gasteiger partial charge in [0.05, 0.1) is 12.7 Å². The number of morpholine rings is 1. The lowest BCUT2D eigenvalue weighted by molar-refractivity contribution is -0.0140. The van der Waals surface area contributed by atoms with Gasteiger partial charge in [0.1, 0.15) is 0 Å². The number of ether oxygens (including phenoxy) is 1. The summed E-state index contributed by atoms with van der Waals surface area (Å²) in [7, 11) is 0. The molecular weight excluding hydrogens is 248 g/mol. The van der Waals surface area contributed by atoms with Gasteiger partial charge < -0.3 is 10.1 Å². The lowest BCUT2D eigenvalue weighted by atomic mass is 10.00. The molecule has 4 heteroatoms. The quantitative estimate of drug-likeness (QED) is 0.887. The van der Waals surface area contributed by atoms with E-state index < -0.39 is 5.92 Å². The molecule has 0 amide bonds. The Morgan fingerprint density at radius 2 is 2.05 bits per heavy atom. The Labute approximate surface area is 113 Å². The molecule has 2 nitrogen and oxygen atoms in total. The monoisotopic (exact) mass is 269 g/mol. The highest BCUT2D eigenvalue weighted by Crippen LogP contribution is 2.32. The van der Waals surface area contributed by atoms with Crippen molar-refractivity contribution >= 4 is 0 Å². The summed E-state index contributed by atoms with van der Waals surface area (Å²) in [5.41, 5.74) is 1.16. The van der Waals surface area contributed by atoms with Crippen molar-refractivity contribution in [2.24, 2.45) is 0 Å². The number of alkyl halides is 2. The lowest BCUT2D eigenvalue weighted by Crippen LogP contribution is -2.39. The Morgan fingerprint density at radius 3 is 2.63 bits per heavy atom. The van der Waals surface area contributed by atoms with Crippen LogP contribution in [0.4, 0.5) is 8.78 Å². The molecule has 0 bridgehead atoms. The fraction of sp³-hybridized carbons (Fsp3) is 0.600. The molecule has 1 aromatic rings. The molecule has 0 radical (unpaired) electrons. The number of hydrogen-bond donors (Lipinski definition) is 1. The highest BCUT2D eigenvalue weighted by Gasteiger charge is 2.29. The summed E-state index contributed by atoms with van der Waals surface area (Å²) >= 11 is 0. The van der Waals surface area contributed by atoms with Gasteiger partial charge in [-0.1, -0.05) is 37.6 Å². The van der Waals surface area contributed by atoms with E-state index in [-0.39, 0.29) is 18.1 Å². The number of benzene rings is 1. The number of nitrogens with one attached hydrogen (secondary N) is 1. The van der Waals surface area contributed by atoms with Crippen molar-refractivity contribution in [2.75, 3.05) is 19.7 Å². The molecule has 1 aromatic carbocycles. The van der Waals surface area contributed by atoms with Gasteiger partial charge in [0, 0.05) is 25.1 Å². The van der Waals surface area contributed by atoms with Crippen molar-refractivity contribution in [1.82, 2.24) is 5.32 Å². The molecule has 0 saturated carbocycles. The van der Waals surface area contributed by atoms with E-state index in [1.807, 2.05) is 0 Å². The summed E-state index contributed by atoms with van der Waals surface area (Å²) in [6, 6.07) is 6.66. The molecule has 0 spiro atoms. The highest BCUT2D eigenvalue weighted by molar-refractivity contribution is 5.26. The zero-order valence-corrected chi connectivity index (χ0v) is 11.3. The molecule has 1 aliphatic heterocycles. The van der Waals surface area contributed by atoms with Crippen molar-refractivity contribution in [2.45, 2.75) is 38.2 Å². The molecule has 19 heavy (non-hydrogen) atoms. The van der Waals surface area contributed by atoms with E-state index in [1.54, 1.807) is 31.2 Å². The maximum Gasteiger partial charge on any atom is 0.273 e. The summed E-state index contributed by atoms with van der Waals surface area (Å²) in [5.74, 6) is -2.71. The van der Waals surface area contributed by atoms with E-state index >= 15 is 0 Å². The molecule has 0 aliphatic carbocycles. The van der Waals surface area contributed by atoms with Crippen LogP contribution in [0, 0.1) is 0 Å². The van der Waals surface area contributed by atoms with Crippen molar-refractivity contribution < 1.29 is 13.5 Å². The van der Waals surface area contributed by atoms with Crippen LogP contribution in [0.5, 0.6) is 0 Å². The lowest BCUT2D eigenvalue weighted by Gasteiger charge is -2.24. The first kappa shape index (κ1) is 14.4. The molecular formula is C15H21F2NO. The number of halogens is 2. The smallest absolute Gasteiger partial charge is 0.273 e. The van der Waals surface area contributed by atoms with Crippen LogP contribution < -0.4 is 5.32 Å². The van der Waals surface area contributed by atoms with E-state index in [2.05, 4.69) is 5.32 Å². The van der Waals surface area contributed by atoms with Gasteiger partial charge in [0.2, 0.25) is 0 Å². The molecule has 1 atom stereocenters. The third kappa shape index (κ3) is 3.98. The standard InChI is InChI=1S/C15H21F2NO/c1-2-7-15(16,17)13-5-3-12(4-6-13)10-14-11-18-8-9-19-14/h3-6,14,18H,2,7-11H2,1H3. The predicted octanol–water partition coefficient (Wildman–Crippen LogP) is 3.11. The zero-order chi connectivity index (χ0) is 13.7. The van der Waals surface area contributed by atoms with E-state index in [0.717, 1.165) is 31.7 Å². The van der Waals surface area contributed by atoms with Crippen LogP contribution >= 0.6 is 0 Å². The van der Waals surface area contributed by atoms with E-state index in [0.29, 0.717) is 6.42 Å². The summed E-state index contributed by atoms with van der Waals surface area (Å²) < 4.78 is 33.0. The Bertz CT molecular complexity index is 386. The average Bonchev–Trinajstić information content (AvgIpc) is 2.40. The first-order valence-electron chi connectivity index (χ1n) is 6.91. The first-order valence-corrected chi connectivity index (χ1v) is 6.91. The topological polar surface area (TPSA) is 21.3 Å². The van der Waals surface area contributed by atoms with E-state index in [1.165, 1.54) is 0 Å². The third-order valence-corrected chi connectivity index (χ3v) is 3.41. The second kappa shape index (κ2) is 6.44. The van der Waals surface area contributed by atoms with E-state index in [9.17, 15) is 8.78 Å². The molecule has 1 heterocycles. The SMILES string of the molecule is CCCC(F)(F)c1ccc(CC2CNCCO2)cc1. The van der Waals surface area contributed by atoms with E-state index in [4.69, 9.17) is 4.74 Å². The van der Waals surface area contributed by atoms with Crippen molar-refractivity contribution in [3.63, 3.8) is 0 Å². The van der Waals surface area contributed by atoms with Gasteiger partial charge in [-0.2, -0.15) is 0 Å². The van der Waals surface area contributed by atoms with Crippen LogP contribution in [0.2, 0.25) is 0 Å². The molecule has 1 aliphatic rings. The summed E-state index contributed by atoms with van der Waals surface area (Å²) in [6.45, 7) is 4.21. The second-order valence-electron chi connectivity index (χ2n) is 5.05. The van der Waals surface area contributed by atoms with Crippen LogP contribution in [0.1, 0.15) is 30.9 Å². The fourth-order valence-electron chi connectivity index (χ4n) is 2.36. The maximum absolute atomic E-state index is 13.7. The molecule has 1 N–H and O–H groups in total. The van der Waals surface area contributed by atoms with Gasteiger partial charge in [0.25, 0.3) is 5.92 Å². The Kier molecular flexibility index (Phi) is 4.88. The number of rotatable bonds is 5. The Hall–Kier alpha value is -1.00. The van der Waals surface area contributed by atoms with Crippen LogP contribution in [0.3, 0.4) is 0 Å². The normalized spacial score (nSPS) is 20.5. The number of hydrogen-bond acceptors (Lipinski definition) is 2. The van der Waals surface area contributed by atoms with Gasteiger partial charge >= 0.3 is 0 Å². The molecule has 1 unspecified atom stereocenters. The molecule has 0 aromatic heterocycles. The molecule has 2 rings (SSSR count). The zero-order valence-electron chi connectivity index (χ0n) is 11.3. The van der Waals surface area contributed by atoms with Gasteiger partial charge in [-0.05, 0) is 12.0 Å². The minimum absolute atomic E-state index is 0.0952. The fourth-order valence-corrected chi connectivity index (χ4v) is 2.36. The van der Waals surface area contributed by atoms with Crippen molar-refractivity contribution in [3.05, 3.63) is 35.4 Å². The minimum atomic E-state index is -2.71. The molecule has 1 saturated heterocycles. The van der Waals surface area contributed by atoms with Crippen LogP contribution in [-0.2, 0) is 17.1 Å². The second-order valence-corrected chi connectivity index (χ2v) is 5.05. The van der Waals surface area contributed by atoms with Gasteiger partial charge in [0.15, 0.2) is 0 Å². The van der Waals surface area contributed by atoms with Crippen molar-refractivity contribution in [3.8, 4) is 0 Å². The third-order valence-electron chi connectivity index (χ3n) is 3.41. The van der Waals surface area contributed by atoms with Crippen molar-refractivity contribution in [1.29, 1.82) is 0 Å². The Balaban J connectivity index is 1.97. The van der Waals surface area contributed by atoms with Gasteiger partial charge in [-0.3, -0.25) is 0 Å². The van der Waals surface area contributed by atoms with Crippen LogP contribution in [-0.4, -0.2) is 25.8 Å². The maximum atomic E-state index is 13.7. The summed E-state index contributed by atoms with van der Waals surface area (Å²) in [5, 5.41) is 3.26. The largest absolute Gasteiger partial charge is 0.375 e. The predicted molar refractivity (Wildman–Crippen MR) is 71.6 cm³/mol. The molecule has 106 valence electrons. The summed E-state index contributed by atoms with van der Waals surface area (Å²) in [4.78, 5) is 0. The Morgan fingerprint density at radius 1 is 1.32 bits per heavy atom. The highest BCUT2D eigenvalue weighted by atomic mass is 19.3. The van der Waals surface area contributed by atoms with Gasteiger partial charge in [-0.25, -0.2) is 8.78 Å². The minimum Gasteiger partial charge on any atom is -0.375 e. The average molecular weight is 269 g/mol.